The zero-order chi connectivity index (χ0) is 27.2. The molecule has 3 saturated heterocycles. The molecule has 3 N–H and O–H groups in total. The van der Waals surface area contributed by atoms with Crippen molar-refractivity contribution in [1.82, 2.24) is 4.90 Å². The highest BCUT2D eigenvalue weighted by Crippen LogP contribution is 2.64. The smallest absolute Gasteiger partial charge is 0.250 e. The molecular formula is C31H33N3O5. The summed E-state index contributed by atoms with van der Waals surface area (Å²) in [5.41, 5.74) is -0.644. The number of carbonyl (C=O) groups excluding carboxylic acids is 3. The van der Waals surface area contributed by atoms with Crippen LogP contribution in [0.2, 0.25) is 0 Å². The molecule has 202 valence electrons. The van der Waals surface area contributed by atoms with Gasteiger partial charge in [0.1, 0.15) is 11.6 Å². The van der Waals surface area contributed by atoms with Crippen LogP contribution in [0, 0.1) is 11.8 Å². The number of nitrogens with zero attached hydrogens (tertiary/aromatic N) is 1. The predicted octanol–water partition coefficient (Wildman–Crippen LogP) is 3.95. The topological polar surface area (TPSA) is 108 Å². The molecule has 3 aromatic rings. The number of aliphatic hydroxyl groups excluding tert-OH is 1. The number of anilines is 2. The first-order valence-corrected chi connectivity index (χ1v) is 13.7. The van der Waals surface area contributed by atoms with Gasteiger partial charge in [0, 0.05) is 24.5 Å². The van der Waals surface area contributed by atoms with Crippen molar-refractivity contribution in [3.63, 3.8) is 0 Å². The fraction of sp³-hybridized carbons (Fsp3) is 0.387. The minimum absolute atomic E-state index is 0.113. The first kappa shape index (κ1) is 25.5. The van der Waals surface area contributed by atoms with Crippen LogP contribution in [0.5, 0.6) is 0 Å². The second-order valence-corrected chi connectivity index (χ2v) is 10.8. The molecule has 0 aromatic heterocycles. The summed E-state index contributed by atoms with van der Waals surface area (Å²) in [7, 11) is 0. The molecule has 0 saturated carbocycles. The lowest BCUT2D eigenvalue weighted by atomic mass is 9.65. The van der Waals surface area contributed by atoms with Crippen LogP contribution in [0.25, 0.3) is 10.8 Å². The van der Waals surface area contributed by atoms with Gasteiger partial charge in [-0.15, -0.1) is 0 Å². The van der Waals surface area contributed by atoms with Crippen molar-refractivity contribution in [2.24, 2.45) is 11.8 Å². The van der Waals surface area contributed by atoms with E-state index in [2.05, 4.69) is 10.6 Å². The number of hydrogen-bond acceptors (Lipinski definition) is 5. The molecule has 3 heterocycles. The van der Waals surface area contributed by atoms with Crippen molar-refractivity contribution in [3.05, 3.63) is 72.8 Å². The van der Waals surface area contributed by atoms with Gasteiger partial charge in [-0.2, -0.15) is 0 Å². The largest absolute Gasteiger partial charge is 0.396 e. The fourth-order valence-corrected chi connectivity index (χ4v) is 7.12. The van der Waals surface area contributed by atoms with Crippen LogP contribution >= 0.6 is 0 Å². The molecule has 3 fully saturated rings. The van der Waals surface area contributed by atoms with Crippen molar-refractivity contribution in [3.8, 4) is 0 Å². The van der Waals surface area contributed by atoms with Crippen molar-refractivity contribution < 1.29 is 24.2 Å². The summed E-state index contributed by atoms with van der Waals surface area (Å²) in [6, 6.07) is 21.9. The van der Waals surface area contributed by atoms with Crippen LogP contribution < -0.4 is 10.6 Å². The molecule has 5 atom stereocenters. The number of amides is 3. The Bertz CT molecular complexity index is 1430. The number of benzene rings is 3. The Morgan fingerprint density at radius 3 is 2.41 bits per heavy atom. The van der Waals surface area contributed by atoms with E-state index in [-0.39, 0.29) is 30.9 Å². The second kappa shape index (κ2) is 9.77. The maximum atomic E-state index is 14.0. The monoisotopic (exact) mass is 527 g/mol. The van der Waals surface area contributed by atoms with Crippen LogP contribution in [0.3, 0.4) is 0 Å². The van der Waals surface area contributed by atoms with E-state index in [9.17, 15) is 19.5 Å². The molecule has 0 radical (unpaired) electrons. The molecule has 8 heteroatoms. The van der Waals surface area contributed by atoms with Crippen molar-refractivity contribution in [2.45, 2.75) is 49.9 Å². The average Bonchev–Trinajstić information content (AvgIpc) is 3.55. The number of fused-ring (bicyclic) bond motifs is 2. The molecule has 3 aliphatic heterocycles. The number of likely N-dealkylation sites (tertiary alicyclic amines) is 1. The number of nitrogens with one attached hydrogen (secondary N) is 2. The summed E-state index contributed by atoms with van der Waals surface area (Å²) in [4.78, 5) is 43.4. The van der Waals surface area contributed by atoms with E-state index in [0.717, 1.165) is 10.8 Å². The van der Waals surface area contributed by atoms with E-state index in [1.165, 1.54) is 4.90 Å². The summed E-state index contributed by atoms with van der Waals surface area (Å²) in [6.45, 7) is 2.07. The summed E-state index contributed by atoms with van der Waals surface area (Å²) in [5.74, 6) is -2.36. The maximum absolute atomic E-state index is 14.0. The standard InChI is InChI=1S/C31H33N3O5/c1-2-30-15-16-31(39-30)25(24(30)27(36)32-22-11-4-3-5-12-22)29(38)34(17-8-18-35)26(31)28(37)33-23-14-13-20-9-6-7-10-21(20)19-23/h3-7,9-14,19,24-26,35H,2,8,15-18H2,1H3,(H,32,36)(H,33,37)/t24-,25-,26?,30+,31?/m0/s1. The lowest BCUT2D eigenvalue weighted by Crippen LogP contribution is -2.53. The fourth-order valence-electron chi connectivity index (χ4n) is 7.12. The Kier molecular flexibility index (Phi) is 6.40. The summed E-state index contributed by atoms with van der Waals surface area (Å²) >= 11 is 0. The third kappa shape index (κ3) is 4.01. The van der Waals surface area contributed by atoms with Crippen LogP contribution in [0.1, 0.15) is 32.6 Å². The molecule has 3 aromatic carbocycles. The third-order valence-electron chi connectivity index (χ3n) is 8.83. The van der Waals surface area contributed by atoms with Gasteiger partial charge in [-0.1, -0.05) is 55.5 Å². The SMILES string of the molecule is CC[C@]12CCC3(O1)C(C(=O)Nc1ccc4ccccc4c1)N(CCCO)C(=O)[C@@H]3[C@H]2C(=O)Nc1ccccc1. The molecule has 3 aliphatic rings. The van der Waals surface area contributed by atoms with Crippen molar-refractivity contribution >= 4 is 39.9 Å². The van der Waals surface area contributed by atoms with Gasteiger partial charge < -0.3 is 25.4 Å². The van der Waals surface area contributed by atoms with E-state index in [1.54, 1.807) is 0 Å². The Morgan fingerprint density at radius 1 is 0.949 bits per heavy atom. The van der Waals surface area contributed by atoms with E-state index in [0.29, 0.717) is 37.1 Å². The van der Waals surface area contributed by atoms with Gasteiger partial charge in [-0.3, -0.25) is 14.4 Å². The van der Waals surface area contributed by atoms with E-state index < -0.39 is 29.1 Å². The highest BCUT2D eigenvalue weighted by molar-refractivity contribution is 6.05. The molecule has 8 nitrogen and oxygen atoms in total. The lowest BCUT2D eigenvalue weighted by Gasteiger charge is -2.34. The van der Waals surface area contributed by atoms with Gasteiger partial charge >= 0.3 is 0 Å². The normalized spacial score (nSPS) is 29.0. The first-order chi connectivity index (χ1) is 18.9. The Morgan fingerprint density at radius 2 is 1.67 bits per heavy atom. The maximum Gasteiger partial charge on any atom is 0.250 e. The number of rotatable bonds is 8. The third-order valence-corrected chi connectivity index (χ3v) is 8.83. The second-order valence-electron chi connectivity index (χ2n) is 10.8. The number of aliphatic hydroxyl groups is 1. The van der Waals surface area contributed by atoms with Crippen molar-refractivity contribution in [2.75, 3.05) is 23.8 Å². The minimum Gasteiger partial charge on any atom is -0.396 e. The van der Waals surface area contributed by atoms with Crippen LogP contribution in [0.15, 0.2) is 72.8 Å². The Balaban J connectivity index is 1.35. The molecule has 6 rings (SSSR count). The minimum atomic E-state index is -1.11. The molecular weight excluding hydrogens is 494 g/mol. The van der Waals surface area contributed by atoms with Gasteiger partial charge in [-0.25, -0.2) is 0 Å². The van der Waals surface area contributed by atoms with Gasteiger partial charge in [0.25, 0.3) is 0 Å². The number of carbonyl (C=O) groups is 3. The lowest BCUT2D eigenvalue weighted by molar-refractivity contribution is -0.144. The van der Waals surface area contributed by atoms with Gasteiger partial charge in [-0.05, 0) is 60.7 Å². The van der Waals surface area contributed by atoms with Gasteiger partial charge in [0.2, 0.25) is 17.7 Å². The number of hydrogen-bond donors (Lipinski definition) is 3. The van der Waals surface area contributed by atoms with Crippen LogP contribution in [-0.2, 0) is 19.1 Å². The van der Waals surface area contributed by atoms with Gasteiger partial charge in [0.05, 0.1) is 17.4 Å². The summed E-state index contributed by atoms with van der Waals surface area (Å²) < 4.78 is 6.77. The van der Waals surface area contributed by atoms with E-state index in [4.69, 9.17) is 4.74 Å². The predicted molar refractivity (Wildman–Crippen MR) is 148 cm³/mol. The number of para-hydroxylation sites is 1. The van der Waals surface area contributed by atoms with Crippen molar-refractivity contribution in [1.29, 1.82) is 0 Å². The zero-order valence-corrected chi connectivity index (χ0v) is 21.9. The number of ether oxygens (including phenoxy) is 1. The molecule has 1 spiro atoms. The highest BCUT2D eigenvalue weighted by Gasteiger charge is 2.78. The molecule has 0 aliphatic carbocycles. The molecule has 3 amide bonds. The van der Waals surface area contributed by atoms with E-state index >= 15 is 0 Å². The Labute approximate surface area is 227 Å². The molecule has 2 unspecified atom stereocenters. The highest BCUT2D eigenvalue weighted by atomic mass is 16.5. The van der Waals surface area contributed by atoms with Gasteiger partial charge in [0.15, 0.2) is 0 Å². The summed E-state index contributed by atoms with van der Waals surface area (Å²) in [6.07, 6.45) is 1.99. The van der Waals surface area contributed by atoms with E-state index in [1.807, 2.05) is 79.7 Å². The Hall–Kier alpha value is -3.75. The summed E-state index contributed by atoms with van der Waals surface area (Å²) in [5, 5.41) is 17.6. The molecule has 39 heavy (non-hydrogen) atoms. The quantitative estimate of drug-likeness (QED) is 0.411. The molecule has 2 bridgehead atoms. The average molecular weight is 528 g/mol. The first-order valence-electron chi connectivity index (χ1n) is 13.7. The van der Waals surface area contributed by atoms with Crippen LogP contribution in [0.4, 0.5) is 11.4 Å². The van der Waals surface area contributed by atoms with Crippen LogP contribution in [-0.4, -0.2) is 58.1 Å². The zero-order valence-electron chi connectivity index (χ0n) is 21.9.